The Balaban J connectivity index is 3.00. The fraction of sp³-hybridized carbons (Fsp3) is 0.333. The Hall–Kier alpha value is -0.490. The zero-order valence-electron chi connectivity index (χ0n) is 6.32. The van der Waals surface area contributed by atoms with Gasteiger partial charge >= 0.3 is 0 Å². The molecule has 1 rings (SSSR count). The molecule has 0 bridgehead atoms. The Morgan fingerprint density at radius 2 is 2.10 bits per heavy atom. The van der Waals surface area contributed by atoms with E-state index < -0.39 is 0 Å². The molecule has 0 nitrogen and oxygen atoms in total. The highest BCUT2D eigenvalue weighted by atomic mass is 35.5. The minimum atomic E-state index is 0.921. The standard InChI is InChI=1S/C9H11Cl/c1-7-5-3-4-6-8(2)9(7)10/h3-5H,6H2,1-2H3. The molecule has 0 radical (unpaired) electrons. The van der Waals surface area contributed by atoms with Crippen LogP contribution in [-0.2, 0) is 0 Å². The Morgan fingerprint density at radius 1 is 1.40 bits per heavy atom. The summed E-state index contributed by atoms with van der Waals surface area (Å²) in [7, 11) is 0. The number of hydrogen-bond donors (Lipinski definition) is 0. The van der Waals surface area contributed by atoms with E-state index in [0.29, 0.717) is 0 Å². The normalized spacial score (nSPS) is 18.9. The third-order valence-electron chi connectivity index (χ3n) is 1.63. The van der Waals surface area contributed by atoms with E-state index in [9.17, 15) is 0 Å². The van der Waals surface area contributed by atoms with E-state index in [1.807, 2.05) is 19.1 Å². The van der Waals surface area contributed by atoms with Gasteiger partial charge in [-0.25, -0.2) is 0 Å². The predicted octanol–water partition coefficient (Wildman–Crippen LogP) is 3.41. The smallest absolute Gasteiger partial charge is 0.0427 e. The Morgan fingerprint density at radius 3 is 2.80 bits per heavy atom. The molecule has 1 aliphatic carbocycles. The predicted molar refractivity (Wildman–Crippen MR) is 46.1 cm³/mol. The van der Waals surface area contributed by atoms with E-state index in [2.05, 4.69) is 13.0 Å². The topological polar surface area (TPSA) is 0 Å². The van der Waals surface area contributed by atoms with Crippen LogP contribution < -0.4 is 0 Å². The van der Waals surface area contributed by atoms with Gasteiger partial charge in [-0.1, -0.05) is 35.4 Å². The van der Waals surface area contributed by atoms with Gasteiger partial charge in [0.2, 0.25) is 0 Å². The van der Waals surface area contributed by atoms with E-state index in [0.717, 1.165) is 17.0 Å². The summed E-state index contributed by atoms with van der Waals surface area (Å²) in [6, 6.07) is 0. The second kappa shape index (κ2) is 3.07. The van der Waals surface area contributed by atoms with Crippen molar-refractivity contribution in [3.63, 3.8) is 0 Å². The molecule has 54 valence electrons. The van der Waals surface area contributed by atoms with Crippen molar-refractivity contribution in [2.75, 3.05) is 0 Å². The number of halogens is 1. The molecule has 0 aromatic heterocycles. The molecule has 0 amide bonds. The minimum absolute atomic E-state index is 0.921. The number of rotatable bonds is 0. The van der Waals surface area contributed by atoms with Crippen LogP contribution in [0.5, 0.6) is 0 Å². The van der Waals surface area contributed by atoms with E-state index >= 15 is 0 Å². The SMILES string of the molecule is CC1=CC=CCC(C)=C1Cl. The van der Waals surface area contributed by atoms with Gasteiger partial charge in [-0.2, -0.15) is 0 Å². The van der Waals surface area contributed by atoms with E-state index in [1.54, 1.807) is 0 Å². The highest BCUT2D eigenvalue weighted by Crippen LogP contribution is 2.23. The summed E-state index contributed by atoms with van der Waals surface area (Å²) in [5.41, 5.74) is 2.41. The van der Waals surface area contributed by atoms with Gasteiger partial charge in [0.25, 0.3) is 0 Å². The molecule has 10 heavy (non-hydrogen) atoms. The summed E-state index contributed by atoms with van der Waals surface area (Å²) in [5, 5.41) is 0.921. The van der Waals surface area contributed by atoms with Crippen molar-refractivity contribution >= 4 is 11.6 Å². The zero-order valence-corrected chi connectivity index (χ0v) is 7.07. The van der Waals surface area contributed by atoms with Crippen LogP contribution in [0.25, 0.3) is 0 Å². The highest BCUT2D eigenvalue weighted by molar-refractivity contribution is 6.32. The summed E-state index contributed by atoms with van der Waals surface area (Å²) < 4.78 is 0. The number of allylic oxidation sites excluding steroid dienone is 6. The lowest BCUT2D eigenvalue weighted by molar-refractivity contribution is 1.20. The molecule has 0 saturated heterocycles. The second-order valence-corrected chi connectivity index (χ2v) is 2.95. The quantitative estimate of drug-likeness (QED) is 0.502. The molecule has 0 atom stereocenters. The first-order valence-electron chi connectivity index (χ1n) is 3.41. The van der Waals surface area contributed by atoms with Gasteiger partial charge in [0.15, 0.2) is 0 Å². The molecule has 0 aromatic rings. The molecule has 1 heteroatoms. The zero-order chi connectivity index (χ0) is 7.56. The summed E-state index contributed by atoms with van der Waals surface area (Å²) in [6.45, 7) is 4.09. The van der Waals surface area contributed by atoms with Crippen LogP contribution in [0.2, 0.25) is 0 Å². The molecule has 0 spiro atoms. The van der Waals surface area contributed by atoms with E-state index in [1.165, 1.54) is 5.57 Å². The first kappa shape index (κ1) is 7.62. The van der Waals surface area contributed by atoms with Gasteiger partial charge < -0.3 is 0 Å². The van der Waals surface area contributed by atoms with Crippen molar-refractivity contribution < 1.29 is 0 Å². The highest BCUT2D eigenvalue weighted by Gasteiger charge is 2.01. The van der Waals surface area contributed by atoms with Crippen LogP contribution in [0.3, 0.4) is 0 Å². The third-order valence-corrected chi connectivity index (χ3v) is 2.25. The summed E-state index contributed by atoms with van der Waals surface area (Å²) in [6.07, 6.45) is 7.19. The van der Waals surface area contributed by atoms with Crippen molar-refractivity contribution in [3.8, 4) is 0 Å². The van der Waals surface area contributed by atoms with Crippen molar-refractivity contribution in [1.82, 2.24) is 0 Å². The fourth-order valence-electron chi connectivity index (χ4n) is 0.957. The lowest BCUT2D eigenvalue weighted by atomic mass is 10.1. The van der Waals surface area contributed by atoms with Crippen LogP contribution >= 0.6 is 11.6 Å². The van der Waals surface area contributed by atoms with Crippen molar-refractivity contribution in [3.05, 3.63) is 34.4 Å². The lowest BCUT2D eigenvalue weighted by Gasteiger charge is -1.99. The molecule has 1 aliphatic rings. The molecule has 0 fully saturated rings. The van der Waals surface area contributed by atoms with Gasteiger partial charge in [-0.15, -0.1) is 0 Å². The molecular weight excluding hydrogens is 144 g/mol. The van der Waals surface area contributed by atoms with Gasteiger partial charge in [0.05, 0.1) is 0 Å². The minimum Gasteiger partial charge on any atom is -0.0841 e. The molecular formula is C9H11Cl. The molecule has 0 N–H and O–H groups in total. The van der Waals surface area contributed by atoms with Crippen LogP contribution in [-0.4, -0.2) is 0 Å². The van der Waals surface area contributed by atoms with Crippen LogP contribution in [0.1, 0.15) is 20.3 Å². The van der Waals surface area contributed by atoms with Crippen molar-refractivity contribution in [2.45, 2.75) is 20.3 Å². The summed E-state index contributed by atoms with van der Waals surface area (Å²) in [4.78, 5) is 0. The molecule has 0 aromatic carbocycles. The van der Waals surface area contributed by atoms with E-state index in [4.69, 9.17) is 11.6 Å². The van der Waals surface area contributed by atoms with Crippen LogP contribution in [0.4, 0.5) is 0 Å². The average Bonchev–Trinajstić information content (AvgIpc) is 2.04. The Labute approximate surface area is 66.9 Å². The maximum atomic E-state index is 5.99. The maximum absolute atomic E-state index is 5.99. The summed E-state index contributed by atoms with van der Waals surface area (Å²) in [5.74, 6) is 0. The van der Waals surface area contributed by atoms with Gasteiger partial charge in [-0.3, -0.25) is 0 Å². The Bertz CT molecular complexity index is 213. The van der Waals surface area contributed by atoms with Crippen molar-refractivity contribution in [1.29, 1.82) is 0 Å². The van der Waals surface area contributed by atoms with Crippen molar-refractivity contribution in [2.24, 2.45) is 0 Å². The average molecular weight is 155 g/mol. The van der Waals surface area contributed by atoms with Gasteiger partial charge in [0.1, 0.15) is 0 Å². The first-order valence-corrected chi connectivity index (χ1v) is 3.78. The largest absolute Gasteiger partial charge is 0.0841 e. The van der Waals surface area contributed by atoms with Crippen LogP contribution in [0, 0.1) is 0 Å². The molecule has 0 aliphatic heterocycles. The monoisotopic (exact) mass is 154 g/mol. The number of hydrogen-bond acceptors (Lipinski definition) is 0. The Kier molecular flexibility index (Phi) is 2.34. The molecule has 0 unspecified atom stereocenters. The van der Waals surface area contributed by atoms with E-state index in [-0.39, 0.29) is 0 Å². The molecule has 0 heterocycles. The van der Waals surface area contributed by atoms with Gasteiger partial charge in [0, 0.05) is 5.03 Å². The summed E-state index contributed by atoms with van der Waals surface area (Å²) >= 11 is 5.99. The maximum Gasteiger partial charge on any atom is 0.0427 e. The van der Waals surface area contributed by atoms with Crippen LogP contribution in [0.15, 0.2) is 34.4 Å². The lowest BCUT2D eigenvalue weighted by Crippen LogP contribution is -1.79. The first-order chi connectivity index (χ1) is 4.72. The second-order valence-electron chi connectivity index (χ2n) is 2.58. The molecule has 0 saturated carbocycles. The fourth-order valence-corrected chi connectivity index (χ4v) is 1.10. The third kappa shape index (κ3) is 1.51. The van der Waals surface area contributed by atoms with Gasteiger partial charge in [-0.05, 0) is 25.8 Å².